The van der Waals surface area contributed by atoms with Crippen molar-refractivity contribution in [2.75, 3.05) is 0 Å². The molecular weight excluding hydrogens is 219 g/mol. The van der Waals surface area contributed by atoms with Crippen molar-refractivity contribution in [1.82, 2.24) is 0 Å². The molecule has 0 fully saturated rings. The van der Waals surface area contributed by atoms with E-state index in [1.54, 1.807) is 0 Å². The summed E-state index contributed by atoms with van der Waals surface area (Å²) in [6, 6.07) is 0. The van der Waals surface area contributed by atoms with Crippen molar-refractivity contribution in [3.05, 3.63) is 12.7 Å². The van der Waals surface area contributed by atoms with Crippen molar-refractivity contribution >= 4 is 20.4 Å². The van der Waals surface area contributed by atoms with E-state index in [1.807, 2.05) is 0 Å². The number of carbonyl (C=O) groups is 2. The highest BCUT2D eigenvalue weighted by Gasteiger charge is 2.46. The molecule has 2 unspecified atom stereocenters. The molecular formula is C9H13O5P. The predicted octanol–water partition coefficient (Wildman–Crippen LogP) is 1.64. The van der Waals surface area contributed by atoms with Gasteiger partial charge in [0.1, 0.15) is 0 Å². The lowest BCUT2D eigenvalue weighted by molar-refractivity contribution is -0.145. The SMILES string of the molecule is C=CC(P=O)(C(C)C(=O)O)C(C)C(=O)O. The highest BCUT2D eigenvalue weighted by atomic mass is 31.1. The van der Waals surface area contributed by atoms with E-state index >= 15 is 0 Å². The van der Waals surface area contributed by atoms with Crippen LogP contribution in [-0.2, 0) is 14.2 Å². The molecule has 2 atom stereocenters. The molecule has 0 aromatic rings. The Hall–Kier alpha value is -1.22. The molecule has 0 rings (SSSR count). The average Bonchev–Trinajstić information content (AvgIpc) is 2.19. The number of aliphatic carboxylic acids is 2. The first kappa shape index (κ1) is 13.8. The summed E-state index contributed by atoms with van der Waals surface area (Å²) in [5.74, 6) is -4.57. The maximum atomic E-state index is 11.0. The van der Waals surface area contributed by atoms with E-state index in [2.05, 4.69) is 6.58 Å². The van der Waals surface area contributed by atoms with Crippen LogP contribution in [0.25, 0.3) is 0 Å². The summed E-state index contributed by atoms with van der Waals surface area (Å²) in [6.45, 7) is 6.01. The fourth-order valence-electron chi connectivity index (χ4n) is 1.32. The van der Waals surface area contributed by atoms with Crippen LogP contribution in [0.15, 0.2) is 12.7 Å². The van der Waals surface area contributed by atoms with Gasteiger partial charge in [-0.15, -0.1) is 6.58 Å². The van der Waals surface area contributed by atoms with Crippen molar-refractivity contribution in [3.8, 4) is 0 Å². The van der Waals surface area contributed by atoms with Crippen molar-refractivity contribution in [2.45, 2.75) is 19.0 Å². The predicted molar refractivity (Wildman–Crippen MR) is 54.1 cm³/mol. The van der Waals surface area contributed by atoms with E-state index in [0.717, 1.165) is 6.08 Å². The van der Waals surface area contributed by atoms with Crippen molar-refractivity contribution in [3.63, 3.8) is 0 Å². The van der Waals surface area contributed by atoms with E-state index in [9.17, 15) is 14.2 Å². The summed E-state index contributed by atoms with van der Waals surface area (Å²) < 4.78 is 11.0. The van der Waals surface area contributed by atoms with Gasteiger partial charge in [0.25, 0.3) is 0 Å². The van der Waals surface area contributed by atoms with Gasteiger partial charge in [0.2, 0.25) is 0 Å². The Balaban J connectivity index is 5.40. The van der Waals surface area contributed by atoms with Gasteiger partial charge in [0, 0.05) is 0 Å². The van der Waals surface area contributed by atoms with E-state index in [0.29, 0.717) is 0 Å². The number of carboxylic acids is 2. The summed E-state index contributed by atoms with van der Waals surface area (Å²) in [5, 5.41) is 16.2. The van der Waals surface area contributed by atoms with E-state index in [1.165, 1.54) is 13.8 Å². The number of hydrogen-bond acceptors (Lipinski definition) is 3. The number of rotatable bonds is 6. The maximum absolute atomic E-state index is 11.0. The molecule has 0 amide bonds. The molecule has 84 valence electrons. The number of carboxylic acid groups (broad SMARTS) is 2. The third-order valence-corrected chi connectivity index (χ3v) is 3.89. The standard InChI is InChI=1S/C9H13O5P/c1-4-9(15-14,5(2)7(10)11)6(3)8(12)13/h4-6H,1H2,2-3H3,(H,10,11)(H,12,13). The smallest absolute Gasteiger partial charge is 0.307 e. The third-order valence-electron chi connectivity index (χ3n) is 2.61. The van der Waals surface area contributed by atoms with Crippen LogP contribution >= 0.6 is 8.46 Å². The normalized spacial score (nSPS) is 18.8. The Kier molecular flexibility index (Phi) is 4.62. The molecule has 0 heterocycles. The molecule has 0 saturated heterocycles. The third kappa shape index (κ3) is 2.42. The Morgan fingerprint density at radius 3 is 1.73 bits per heavy atom. The Labute approximate surface area is 89.0 Å². The van der Waals surface area contributed by atoms with Crippen LogP contribution < -0.4 is 0 Å². The fourth-order valence-corrected chi connectivity index (χ4v) is 1.93. The lowest BCUT2D eigenvalue weighted by Gasteiger charge is -2.30. The van der Waals surface area contributed by atoms with Crippen LogP contribution in [0.1, 0.15) is 13.8 Å². The van der Waals surface area contributed by atoms with Crippen LogP contribution in [0.5, 0.6) is 0 Å². The zero-order chi connectivity index (χ0) is 12.2. The zero-order valence-corrected chi connectivity index (χ0v) is 9.40. The lowest BCUT2D eigenvalue weighted by Crippen LogP contribution is -2.43. The lowest BCUT2D eigenvalue weighted by atomic mass is 9.82. The van der Waals surface area contributed by atoms with Gasteiger partial charge in [-0.05, 0) is 0 Å². The van der Waals surface area contributed by atoms with Crippen LogP contribution in [-0.4, -0.2) is 27.3 Å². The van der Waals surface area contributed by atoms with Crippen LogP contribution in [0, 0.1) is 11.8 Å². The van der Waals surface area contributed by atoms with E-state index in [4.69, 9.17) is 10.2 Å². The van der Waals surface area contributed by atoms with Gasteiger partial charge < -0.3 is 10.2 Å². The summed E-state index contributed by atoms with van der Waals surface area (Å²) in [6.07, 6.45) is 1.14. The Morgan fingerprint density at radius 1 is 1.27 bits per heavy atom. The first-order valence-electron chi connectivity index (χ1n) is 4.27. The van der Waals surface area contributed by atoms with Gasteiger partial charge in [-0.2, -0.15) is 0 Å². The molecule has 15 heavy (non-hydrogen) atoms. The summed E-state index contributed by atoms with van der Waals surface area (Å²) >= 11 is 0. The van der Waals surface area contributed by atoms with E-state index < -0.39 is 37.4 Å². The number of hydrogen-bond donors (Lipinski definition) is 2. The molecule has 0 spiro atoms. The van der Waals surface area contributed by atoms with Gasteiger partial charge in [0.15, 0.2) is 8.46 Å². The average molecular weight is 232 g/mol. The summed E-state index contributed by atoms with van der Waals surface area (Å²) in [5.41, 5.74) is 0. The molecule has 6 heteroatoms. The summed E-state index contributed by atoms with van der Waals surface area (Å²) in [7, 11) is -0.552. The number of allylic oxidation sites excluding steroid dienone is 1. The highest BCUT2D eigenvalue weighted by molar-refractivity contribution is 7.26. The minimum Gasteiger partial charge on any atom is -0.481 e. The second-order valence-electron chi connectivity index (χ2n) is 3.30. The minimum absolute atomic E-state index is 0.552. The second kappa shape index (κ2) is 5.03. The maximum Gasteiger partial charge on any atom is 0.307 e. The minimum atomic E-state index is -1.47. The first-order chi connectivity index (χ1) is 6.83. The van der Waals surface area contributed by atoms with Gasteiger partial charge in [-0.3, -0.25) is 14.2 Å². The Morgan fingerprint density at radius 2 is 1.60 bits per heavy atom. The molecule has 0 aromatic carbocycles. The Bertz CT molecular complexity index is 269. The summed E-state index contributed by atoms with van der Waals surface area (Å²) in [4.78, 5) is 21.6. The molecule has 5 nitrogen and oxygen atoms in total. The molecule has 0 aliphatic rings. The van der Waals surface area contributed by atoms with Crippen molar-refractivity contribution in [2.24, 2.45) is 11.8 Å². The van der Waals surface area contributed by atoms with Crippen LogP contribution in [0.4, 0.5) is 0 Å². The van der Waals surface area contributed by atoms with Gasteiger partial charge >= 0.3 is 11.9 Å². The zero-order valence-electron chi connectivity index (χ0n) is 8.51. The van der Waals surface area contributed by atoms with Crippen LogP contribution in [0.2, 0.25) is 0 Å². The van der Waals surface area contributed by atoms with Gasteiger partial charge in [0.05, 0.1) is 17.0 Å². The topological polar surface area (TPSA) is 91.7 Å². The van der Waals surface area contributed by atoms with Crippen LogP contribution in [0.3, 0.4) is 0 Å². The molecule has 0 bridgehead atoms. The molecule has 0 aromatic heterocycles. The van der Waals surface area contributed by atoms with E-state index in [-0.39, 0.29) is 0 Å². The van der Waals surface area contributed by atoms with Gasteiger partial charge in [-0.1, -0.05) is 19.9 Å². The second-order valence-corrected chi connectivity index (χ2v) is 4.26. The monoisotopic (exact) mass is 232 g/mol. The molecule has 0 aliphatic carbocycles. The molecule has 2 N–H and O–H groups in total. The van der Waals surface area contributed by atoms with Gasteiger partial charge in [-0.25, -0.2) is 0 Å². The fraction of sp³-hybridized carbons (Fsp3) is 0.556. The largest absolute Gasteiger partial charge is 0.481 e. The molecule has 0 radical (unpaired) electrons. The molecule has 0 aliphatic heterocycles. The quantitative estimate of drug-likeness (QED) is 0.536. The highest BCUT2D eigenvalue weighted by Crippen LogP contribution is 2.40. The first-order valence-corrected chi connectivity index (χ1v) is 5.08. The molecule has 0 saturated carbocycles. The van der Waals surface area contributed by atoms with Crippen molar-refractivity contribution in [1.29, 1.82) is 0 Å². The van der Waals surface area contributed by atoms with Crippen molar-refractivity contribution < 1.29 is 24.4 Å².